The second-order valence-electron chi connectivity index (χ2n) is 2.47. The van der Waals surface area contributed by atoms with E-state index >= 15 is 0 Å². The van der Waals surface area contributed by atoms with Crippen molar-refractivity contribution in [1.82, 2.24) is 0 Å². The van der Waals surface area contributed by atoms with Gasteiger partial charge in [-0.1, -0.05) is 0 Å². The van der Waals surface area contributed by atoms with Crippen molar-refractivity contribution in [2.75, 3.05) is 19.0 Å². The van der Waals surface area contributed by atoms with Crippen molar-refractivity contribution in [3.8, 4) is 0 Å². The van der Waals surface area contributed by atoms with Crippen molar-refractivity contribution < 1.29 is 4.90 Å². The molecular formula is C6H14NS+. The van der Waals surface area contributed by atoms with Crippen LogP contribution in [0.25, 0.3) is 0 Å². The molecule has 0 saturated carbocycles. The van der Waals surface area contributed by atoms with Crippen LogP contribution < -0.4 is 4.90 Å². The highest BCUT2D eigenvalue weighted by molar-refractivity contribution is 7.79. The van der Waals surface area contributed by atoms with Gasteiger partial charge in [0.15, 0.2) is 0 Å². The Bertz CT molecular complexity index is 59.5. The first-order valence-electron chi connectivity index (χ1n) is 3.38. The van der Waals surface area contributed by atoms with Gasteiger partial charge in [0.05, 0.1) is 13.1 Å². The Hall–Kier alpha value is 0.310. The molecule has 1 N–H and O–H groups in total. The molecule has 0 unspecified atom stereocenters. The summed E-state index contributed by atoms with van der Waals surface area (Å²) in [5, 5.41) is 0. The zero-order valence-electron chi connectivity index (χ0n) is 5.19. The van der Waals surface area contributed by atoms with E-state index in [4.69, 9.17) is 0 Å². The average molecular weight is 132 g/mol. The average Bonchev–Trinajstić information content (AvgIpc) is 1.90. The van der Waals surface area contributed by atoms with Crippen LogP contribution in [0.2, 0.25) is 0 Å². The Balaban J connectivity index is 2.13. The number of nitrogens with one attached hydrogen (secondary N) is 1. The minimum atomic E-state index is 1.03. The normalized spacial score (nSPS) is 23.6. The Labute approximate surface area is 56.5 Å². The second-order valence-corrected chi connectivity index (χ2v) is 2.79. The summed E-state index contributed by atoms with van der Waals surface area (Å²) >= 11 is 4.23. The molecule has 0 bridgehead atoms. The first-order chi connectivity index (χ1) is 3.93. The Morgan fingerprint density at radius 3 is 2.12 bits per heavy atom. The molecule has 0 radical (unpaired) electrons. The van der Waals surface area contributed by atoms with Crippen molar-refractivity contribution in [2.45, 2.75) is 19.3 Å². The van der Waals surface area contributed by atoms with Crippen LogP contribution in [0.4, 0.5) is 0 Å². The summed E-state index contributed by atoms with van der Waals surface area (Å²) in [5.74, 6) is 1.03. The minimum Gasteiger partial charge on any atom is -0.327 e. The standard InChI is InChI=1S/C6H13NS/c8-6-7-4-2-1-3-5-7/h8H,1-6H2/p+1. The fourth-order valence-corrected chi connectivity index (χ4v) is 1.53. The smallest absolute Gasteiger partial charge is 0.121 e. The number of hydrogen-bond acceptors (Lipinski definition) is 1. The Kier molecular flexibility index (Phi) is 2.70. The largest absolute Gasteiger partial charge is 0.327 e. The molecule has 0 atom stereocenters. The fraction of sp³-hybridized carbons (Fsp3) is 1.00. The van der Waals surface area contributed by atoms with E-state index in [1.165, 1.54) is 32.4 Å². The first-order valence-corrected chi connectivity index (χ1v) is 4.01. The molecule has 1 saturated heterocycles. The Morgan fingerprint density at radius 1 is 1.12 bits per heavy atom. The summed E-state index contributed by atoms with van der Waals surface area (Å²) in [6.07, 6.45) is 4.27. The quantitative estimate of drug-likeness (QED) is 0.461. The maximum absolute atomic E-state index is 4.23. The molecule has 0 aromatic heterocycles. The van der Waals surface area contributed by atoms with Crippen molar-refractivity contribution >= 4 is 12.6 Å². The van der Waals surface area contributed by atoms with E-state index in [1.54, 1.807) is 4.90 Å². The van der Waals surface area contributed by atoms with Crippen LogP contribution in [0.3, 0.4) is 0 Å². The predicted octanol–water partition coefficient (Wildman–Crippen LogP) is -0.0575. The molecule has 48 valence electrons. The van der Waals surface area contributed by atoms with Crippen LogP contribution in [0.15, 0.2) is 0 Å². The molecule has 0 spiro atoms. The maximum Gasteiger partial charge on any atom is 0.121 e. The number of thiol groups is 1. The van der Waals surface area contributed by atoms with Crippen LogP contribution in [0.5, 0.6) is 0 Å². The molecule has 8 heavy (non-hydrogen) atoms. The first kappa shape index (κ1) is 6.43. The van der Waals surface area contributed by atoms with Crippen molar-refractivity contribution in [3.05, 3.63) is 0 Å². The van der Waals surface area contributed by atoms with Gasteiger partial charge >= 0.3 is 0 Å². The van der Waals surface area contributed by atoms with Gasteiger partial charge in [-0.25, -0.2) is 0 Å². The van der Waals surface area contributed by atoms with Gasteiger partial charge in [0.1, 0.15) is 5.88 Å². The summed E-state index contributed by atoms with van der Waals surface area (Å²) < 4.78 is 0. The maximum atomic E-state index is 4.23. The molecular weight excluding hydrogens is 118 g/mol. The van der Waals surface area contributed by atoms with Gasteiger partial charge in [-0.2, -0.15) is 0 Å². The number of rotatable bonds is 1. The van der Waals surface area contributed by atoms with Crippen LogP contribution in [-0.4, -0.2) is 19.0 Å². The molecule has 1 heterocycles. The van der Waals surface area contributed by atoms with Crippen molar-refractivity contribution in [1.29, 1.82) is 0 Å². The fourth-order valence-electron chi connectivity index (χ4n) is 1.21. The van der Waals surface area contributed by atoms with E-state index in [0.29, 0.717) is 0 Å². The SMILES string of the molecule is SC[NH+]1CCCCC1. The topological polar surface area (TPSA) is 4.44 Å². The molecule has 0 aromatic rings. The third kappa shape index (κ3) is 1.67. The lowest BCUT2D eigenvalue weighted by Crippen LogP contribution is -3.12. The molecule has 0 amide bonds. The third-order valence-corrected chi connectivity index (χ3v) is 2.23. The van der Waals surface area contributed by atoms with Crippen LogP contribution in [0.1, 0.15) is 19.3 Å². The summed E-state index contributed by atoms with van der Waals surface area (Å²) in [5.41, 5.74) is 0. The Morgan fingerprint density at radius 2 is 1.75 bits per heavy atom. The molecule has 1 fully saturated rings. The lowest BCUT2D eigenvalue weighted by Gasteiger charge is -2.20. The highest BCUT2D eigenvalue weighted by Crippen LogP contribution is 1.93. The molecule has 0 aromatic carbocycles. The highest BCUT2D eigenvalue weighted by Gasteiger charge is 2.09. The van der Waals surface area contributed by atoms with E-state index in [9.17, 15) is 0 Å². The lowest BCUT2D eigenvalue weighted by atomic mass is 10.1. The van der Waals surface area contributed by atoms with Crippen molar-refractivity contribution in [2.24, 2.45) is 0 Å². The van der Waals surface area contributed by atoms with E-state index in [1.807, 2.05) is 0 Å². The number of piperidine rings is 1. The van der Waals surface area contributed by atoms with Gasteiger partial charge in [-0.05, 0) is 19.3 Å². The zero-order chi connectivity index (χ0) is 5.82. The van der Waals surface area contributed by atoms with Gasteiger partial charge in [-0.3, -0.25) is 0 Å². The zero-order valence-corrected chi connectivity index (χ0v) is 6.08. The molecule has 1 rings (SSSR count). The molecule has 0 aliphatic carbocycles. The van der Waals surface area contributed by atoms with Crippen LogP contribution in [-0.2, 0) is 0 Å². The van der Waals surface area contributed by atoms with Gasteiger partial charge < -0.3 is 4.90 Å². The number of quaternary nitrogens is 1. The van der Waals surface area contributed by atoms with Gasteiger partial charge in [0.25, 0.3) is 0 Å². The van der Waals surface area contributed by atoms with Crippen LogP contribution >= 0.6 is 12.6 Å². The number of hydrogen-bond donors (Lipinski definition) is 2. The van der Waals surface area contributed by atoms with Crippen LogP contribution in [0, 0.1) is 0 Å². The minimum absolute atomic E-state index is 1.03. The summed E-state index contributed by atoms with van der Waals surface area (Å²) in [4.78, 5) is 1.67. The second kappa shape index (κ2) is 3.36. The van der Waals surface area contributed by atoms with Gasteiger partial charge in [0.2, 0.25) is 0 Å². The van der Waals surface area contributed by atoms with E-state index in [-0.39, 0.29) is 0 Å². The van der Waals surface area contributed by atoms with Gasteiger partial charge in [-0.15, -0.1) is 12.6 Å². The molecule has 2 heteroatoms. The monoisotopic (exact) mass is 132 g/mol. The van der Waals surface area contributed by atoms with E-state index in [2.05, 4.69) is 12.6 Å². The summed E-state index contributed by atoms with van der Waals surface area (Å²) in [7, 11) is 0. The third-order valence-electron chi connectivity index (χ3n) is 1.78. The summed E-state index contributed by atoms with van der Waals surface area (Å²) in [6.45, 7) is 2.70. The predicted molar refractivity (Wildman–Crippen MR) is 38.4 cm³/mol. The lowest BCUT2D eigenvalue weighted by molar-refractivity contribution is -0.891. The van der Waals surface area contributed by atoms with E-state index in [0.717, 1.165) is 5.88 Å². The number of likely N-dealkylation sites (tertiary alicyclic amines) is 1. The molecule has 1 aliphatic heterocycles. The highest BCUT2D eigenvalue weighted by atomic mass is 32.1. The van der Waals surface area contributed by atoms with E-state index < -0.39 is 0 Å². The van der Waals surface area contributed by atoms with Crippen molar-refractivity contribution in [3.63, 3.8) is 0 Å². The van der Waals surface area contributed by atoms with Gasteiger partial charge in [0, 0.05) is 0 Å². The molecule has 1 aliphatic rings. The summed E-state index contributed by atoms with van der Waals surface area (Å²) in [6, 6.07) is 0. The molecule has 1 nitrogen and oxygen atoms in total.